The number of benzene rings is 1. The molecule has 4 nitrogen and oxygen atoms in total. The summed E-state index contributed by atoms with van der Waals surface area (Å²) in [5.74, 6) is 0.743. The van der Waals surface area contributed by atoms with Gasteiger partial charge in [0.1, 0.15) is 0 Å². The summed E-state index contributed by atoms with van der Waals surface area (Å²) < 4.78 is 0. The minimum Gasteiger partial charge on any atom is -0.370 e. The molecule has 1 saturated heterocycles. The zero-order valence-corrected chi connectivity index (χ0v) is 13.9. The highest BCUT2D eigenvalue weighted by atomic mass is 15.2. The summed E-state index contributed by atoms with van der Waals surface area (Å²) in [7, 11) is 2.16. The van der Waals surface area contributed by atoms with Crippen LogP contribution in [0.5, 0.6) is 0 Å². The Hall–Kier alpha value is -1.55. The molecule has 1 aromatic rings. The highest BCUT2D eigenvalue weighted by Crippen LogP contribution is 2.09. The Morgan fingerprint density at radius 3 is 2.50 bits per heavy atom. The molecule has 0 radical (unpaired) electrons. The maximum Gasteiger partial charge on any atom is 0.191 e. The first-order valence-corrected chi connectivity index (χ1v) is 8.53. The highest BCUT2D eigenvalue weighted by molar-refractivity contribution is 5.78. The number of hydrogen-bond acceptors (Lipinski definition) is 2. The summed E-state index contributed by atoms with van der Waals surface area (Å²) in [6.07, 6.45) is 6.20. The van der Waals surface area contributed by atoms with Crippen molar-refractivity contribution in [3.05, 3.63) is 35.9 Å². The van der Waals surface area contributed by atoms with E-state index in [1.165, 1.54) is 31.2 Å². The molecule has 2 N–H and O–H groups in total. The van der Waals surface area contributed by atoms with Crippen molar-refractivity contribution >= 4 is 5.96 Å². The normalized spacial score (nSPS) is 16.8. The number of aliphatic imine (C=N–C) groups is 1. The minimum atomic E-state index is 0.743. The lowest BCUT2D eigenvalue weighted by Gasteiger charge is -2.21. The van der Waals surface area contributed by atoms with Crippen molar-refractivity contribution in [2.45, 2.75) is 38.6 Å². The van der Waals surface area contributed by atoms with Crippen molar-refractivity contribution in [2.24, 2.45) is 10.7 Å². The van der Waals surface area contributed by atoms with Crippen molar-refractivity contribution in [1.82, 2.24) is 9.80 Å². The zero-order chi connectivity index (χ0) is 15.6. The first-order chi connectivity index (χ1) is 10.8. The number of nitrogens with two attached hydrogens (primary N) is 1. The van der Waals surface area contributed by atoms with Gasteiger partial charge in [0.2, 0.25) is 0 Å². The van der Waals surface area contributed by atoms with Crippen LogP contribution < -0.4 is 5.73 Å². The summed E-state index contributed by atoms with van der Waals surface area (Å²) in [6, 6.07) is 10.6. The molecule has 0 atom stereocenters. The zero-order valence-electron chi connectivity index (χ0n) is 13.9. The van der Waals surface area contributed by atoms with Gasteiger partial charge in [0.05, 0.1) is 0 Å². The molecular formula is C18H30N4. The van der Waals surface area contributed by atoms with E-state index in [4.69, 9.17) is 5.73 Å². The van der Waals surface area contributed by atoms with Gasteiger partial charge in [-0.3, -0.25) is 4.99 Å². The molecule has 1 aliphatic rings. The van der Waals surface area contributed by atoms with E-state index in [0.717, 1.165) is 45.1 Å². The smallest absolute Gasteiger partial charge is 0.191 e. The van der Waals surface area contributed by atoms with Crippen molar-refractivity contribution in [3.63, 3.8) is 0 Å². The minimum absolute atomic E-state index is 0.743. The molecule has 1 fully saturated rings. The number of rotatable bonds is 6. The quantitative estimate of drug-likeness (QED) is 0.499. The van der Waals surface area contributed by atoms with Gasteiger partial charge in [-0.25, -0.2) is 0 Å². The molecule has 1 heterocycles. The van der Waals surface area contributed by atoms with E-state index in [1.54, 1.807) is 0 Å². The first-order valence-electron chi connectivity index (χ1n) is 8.53. The lowest BCUT2D eigenvalue weighted by molar-refractivity contribution is 0.324. The SMILES string of the molecule is CN(CCCN=C(N)N1CCCCCC1)Cc1ccccc1. The largest absolute Gasteiger partial charge is 0.370 e. The van der Waals surface area contributed by atoms with E-state index >= 15 is 0 Å². The Balaban J connectivity index is 1.65. The van der Waals surface area contributed by atoms with Crippen LogP contribution in [0.4, 0.5) is 0 Å². The van der Waals surface area contributed by atoms with E-state index < -0.39 is 0 Å². The molecule has 1 aromatic carbocycles. The molecule has 0 aromatic heterocycles. The van der Waals surface area contributed by atoms with Crippen molar-refractivity contribution < 1.29 is 0 Å². The monoisotopic (exact) mass is 302 g/mol. The first kappa shape index (κ1) is 16.8. The molecular weight excluding hydrogens is 272 g/mol. The van der Waals surface area contributed by atoms with Crippen molar-refractivity contribution in [3.8, 4) is 0 Å². The second-order valence-corrected chi connectivity index (χ2v) is 6.22. The fraction of sp³-hybridized carbons (Fsp3) is 0.611. The van der Waals surface area contributed by atoms with Gasteiger partial charge in [-0.1, -0.05) is 43.2 Å². The third kappa shape index (κ3) is 6.06. The van der Waals surface area contributed by atoms with Gasteiger partial charge in [0, 0.05) is 26.2 Å². The van der Waals surface area contributed by atoms with Gasteiger partial charge >= 0.3 is 0 Å². The van der Waals surface area contributed by atoms with Crippen molar-refractivity contribution in [1.29, 1.82) is 0 Å². The van der Waals surface area contributed by atoms with Crippen LogP contribution in [-0.2, 0) is 6.54 Å². The Morgan fingerprint density at radius 1 is 1.14 bits per heavy atom. The number of nitrogens with zero attached hydrogens (tertiary/aromatic N) is 3. The standard InChI is InChI=1S/C18H30N4/c1-21(16-17-10-5-4-6-11-17)13-9-12-20-18(19)22-14-7-2-3-8-15-22/h4-6,10-11H,2-3,7-9,12-16H2,1H3,(H2,19,20). The summed E-state index contributed by atoms with van der Waals surface area (Å²) in [5, 5.41) is 0. The molecule has 0 saturated carbocycles. The molecule has 2 rings (SSSR count). The fourth-order valence-electron chi connectivity index (χ4n) is 2.91. The van der Waals surface area contributed by atoms with Crippen LogP contribution in [-0.4, -0.2) is 49.0 Å². The van der Waals surface area contributed by atoms with Crippen LogP contribution >= 0.6 is 0 Å². The van der Waals surface area contributed by atoms with Gasteiger partial charge in [0.25, 0.3) is 0 Å². The van der Waals surface area contributed by atoms with Gasteiger partial charge in [-0.2, -0.15) is 0 Å². The Kier molecular flexibility index (Phi) is 7.23. The lowest BCUT2D eigenvalue weighted by Crippen LogP contribution is -2.38. The molecule has 122 valence electrons. The van der Waals surface area contributed by atoms with E-state index in [2.05, 4.69) is 52.2 Å². The molecule has 0 unspecified atom stereocenters. The number of guanidine groups is 1. The maximum absolute atomic E-state index is 6.12. The molecule has 1 aliphatic heterocycles. The van der Waals surface area contributed by atoms with Gasteiger partial charge in [-0.05, 0) is 38.4 Å². The molecule has 22 heavy (non-hydrogen) atoms. The van der Waals surface area contributed by atoms with E-state index in [0.29, 0.717) is 0 Å². The van der Waals surface area contributed by atoms with Crippen LogP contribution in [0.2, 0.25) is 0 Å². The highest BCUT2D eigenvalue weighted by Gasteiger charge is 2.10. The average molecular weight is 302 g/mol. The summed E-state index contributed by atoms with van der Waals surface area (Å²) >= 11 is 0. The van der Waals surface area contributed by atoms with E-state index in [9.17, 15) is 0 Å². The third-order valence-corrected chi connectivity index (χ3v) is 4.20. The van der Waals surface area contributed by atoms with Gasteiger partial charge in [0.15, 0.2) is 5.96 Å². The average Bonchev–Trinajstić information content (AvgIpc) is 2.81. The predicted molar refractivity (Wildman–Crippen MR) is 93.9 cm³/mol. The Morgan fingerprint density at radius 2 is 1.82 bits per heavy atom. The van der Waals surface area contributed by atoms with Crippen LogP contribution in [0.1, 0.15) is 37.7 Å². The molecule has 0 bridgehead atoms. The number of hydrogen-bond donors (Lipinski definition) is 1. The Labute approximate surface area is 135 Å². The van der Waals surface area contributed by atoms with Crippen molar-refractivity contribution in [2.75, 3.05) is 33.2 Å². The lowest BCUT2D eigenvalue weighted by atomic mass is 10.2. The van der Waals surface area contributed by atoms with Crippen LogP contribution in [0, 0.1) is 0 Å². The van der Waals surface area contributed by atoms with Crippen LogP contribution in [0.15, 0.2) is 35.3 Å². The Bertz CT molecular complexity index is 436. The van der Waals surface area contributed by atoms with Crippen LogP contribution in [0.25, 0.3) is 0 Å². The van der Waals surface area contributed by atoms with Crippen LogP contribution in [0.3, 0.4) is 0 Å². The summed E-state index contributed by atoms with van der Waals surface area (Å²) in [6.45, 7) is 5.01. The fourth-order valence-corrected chi connectivity index (χ4v) is 2.91. The second-order valence-electron chi connectivity index (χ2n) is 6.22. The predicted octanol–water partition coefficient (Wildman–Crippen LogP) is 2.70. The van der Waals surface area contributed by atoms with Gasteiger partial charge < -0.3 is 15.5 Å². The summed E-state index contributed by atoms with van der Waals surface area (Å²) in [4.78, 5) is 9.15. The van der Waals surface area contributed by atoms with E-state index in [1.807, 2.05) is 0 Å². The van der Waals surface area contributed by atoms with E-state index in [-0.39, 0.29) is 0 Å². The summed E-state index contributed by atoms with van der Waals surface area (Å²) in [5.41, 5.74) is 7.48. The third-order valence-electron chi connectivity index (χ3n) is 4.20. The topological polar surface area (TPSA) is 44.9 Å². The molecule has 0 aliphatic carbocycles. The number of likely N-dealkylation sites (tertiary alicyclic amines) is 1. The molecule has 0 amide bonds. The van der Waals surface area contributed by atoms with Gasteiger partial charge in [-0.15, -0.1) is 0 Å². The molecule has 4 heteroatoms. The second kappa shape index (κ2) is 9.46. The molecule has 0 spiro atoms. The maximum atomic E-state index is 6.12.